The van der Waals surface area contributed by atoms with Gasteiger partial charge in [-0.15, -0.1) is 0 Å². The predicted molar refractivity (Wildman–Crippen MR) is 140 cm³/mol. The van der Waals surface area contributed by atoms with Crippen molar-refractivity contribution in [3.63, 3.8) is 0 Å². The molecule has 5 rings (SSSR count). The van der Waals surface area contributed by atoms with Gasteiger partial charge >= 0.3 is 0 Å². The average Bonchev–Trinajstić information content (AvgIpc) is 2.81. The van der Waals surface area contributed by atoms with Gasteiger partial charge in [-0.25, -0.2) is 0 Å². The molecule has 0 saturated carbocycles. The highest BCUT2D eigenvalue weighted by atomic mass is 14.9. The smallest absolute Gasteiger partial charge is 0.198 e. The molecule has 162 valence electrons. The van der Waals surface area contributed by atoms with Crippen molar-refractivity contribution in [2.45, 2.75) is 27.7 Å². The second kappa shape index (κ2) is 8.33. The average molecular weight is 429 g/mol. The molecule has 0 radical (unpaired) electrons. The van der Waals surface area contributed by atoms with E-state index < -0.39 is 0 Å². The summed E-state index contributed by atoms with van der Waals surface area (Å²) in [5.74, 6) is 0. The van der Waals surface area contributed by atoms with Gasteiger partial charge in [0.25, 0.3) is 0 Å². The Morgan fingerprint density at radius 3 is 1.94 bits per heavy atom. The maximum atomic E-state index is 2.34. The third-order valence-electron chi connectivity index (χ3n) is 6.89. The van der Waals surface area contributed by atoms with E-state index in [0.717, 1.165) is 0 Å². The first-order valence-electron chi connectivity index (χ1n) is 11.6. The van der Waals surface area contributed by atoms with E-state index in [0.29, 0.717) is 0 Å². The second-order valence-electron chi connectivity index (χ2n) is 9.16. The van der Waals surface area contributed by atoms with Gasteiger partial charge in [0.05, 0.1) is 5.39 Å². The number of nitrogens with zero attached hydrogens (tertiary/aromatic N) is 1. The quantitative estimate of drug-likeness (QED) is 0.257. The third kappa shape index (κ3) is 3.74. The Kier molecular flexibility index (Phi) is 5.34. The molecule has 0 bridgehead atoms. The van der Waals surface area contributed by atoms with Crippen LogP contribution in [0.2, 0.25) is 0 Å². The van der Waals surface area contributed by atoms with Gasteiger partial charge in [-0.05, 0) is 83.3 Å². The summed E-state index contributed by atoms with van der Waals surface area (Å²) in [4.78, 5) is 0. The topological polar surface area (TPSA) is 3.88 Å². The molecule has 1 nitrogen and oxygen atoms in total. The standard InChI is InChI=1S/C32H30N/c1-21-10-9-11-22(2)31(21)27-15-16-29(23(3)18-27)32-30-17-14-26(25-12-7-6-8-13-25)20-28(30)19-24(4)33(32)5/h6-20H,1-5H3/q+1. The molecule has 0 amide bonds. The monoisotopic (exact) mass is 428 g/mol. The van der Waals surface area contributed by atoms with E-state index in [1.807, 2.05) is 0 Å². The van der Waals surface area contributed by atoms with Crippen molar-refractivity contribution >= 4 is 10.8 Å². The van der Waals surface area contributed by atoms with Crippen LogP contribution in [0.5, 0.6) is 0 Å². The molecule has 0 fully saturated rings. The van der Waals surface area contributed by atoms with Crippen molar-refractivity contribution in [2.24, 2.45) is 7.05 Å². The molecule has 0 saturated heterocycles. The Morgan fingerprint density at radius 1 is 0.545 bits per heavy atom. The van der Waals surface area contributed by atoms with E-state index in [1.54, 1.807) is 0 Å². The highest BCUT2D eigenvalue weighted by molar-refractivity contribution is 5.96. The van der Waals surface area contributed by atoms with Crippen molar-refractivity contribution in [3.8, 4) is 33.5 Å². The molecule has 0 N–H and O–H groups in total. The lowest BCUT2D eigenvalue weighted by Crippen LogP contribution is -2.35. The summed E-state index contributed by atoms with van der Waals surface area (Å²) in [6.45, 7) is 8.82. The minimum Gasteiger partial charge on any atom is -0.198 e. The SMILES string of the molecule is Cc1cc(-c2c(C)cccc2C)ccc1-c1c2ccc(-c3ccccc3)cc2cc(C)[n+]1C. The number of aromatic nitrogens is 1. The molecule has 0 aliphatic heterocycles. The van der Waals surface area contributed by atoms with Gasteiger partial charge in [-0.3, -0.25) is 0 Å². The molecule has 1 heterocycles. The van der Waals surface area contributed by atoms with Crippen LogP contribution in [0.1, 0.15) is 22.4 Å². The zero-order valence-electron chi connectivity index (χ0n) is 20.1. The Hall–Kier alpha value is -3.71. The molecule has 33 heavy (non-hydrogen) atoms. The van der Waals surface area contributed by atoms with Crippen LogP contribution >= 0.6 is 0 Å². The number of pyridine rings is 1. The van der Waals surface area contributed by atoms with Crippen LogP contribution in [-0.4, -0.2) is 0 Å². The Bertz CT molecular complexity index is 1470. The maximum Gasteiger partial charge on any atom is 0.220 e. The molecular weight excluding hydrogens is 398 g/mol. The predicted octanol–water partition coefficient (Wildman–Crippen LogP) is 7.90. The minimum atomic E-state index is 1.25. The Balaban J connectivity index is 1.69. The number of rotatable bonds is 3. The largest absolute Gasteiger partial charge is 0.220 e. The number of hydrogen-bond donors (Lipinski definition) is 0. The molecule has 0 atom stereocenters. The zero-order chi connectivity index (χ0) is 23.1. The van der Waals surface area contributed by atoms with Crippen molar-refractivity contribution in [1.29, 1.82) is 0 Å². The molecule has 0 unspecified atom stereocenters. The number of benzene rings is 4. The van der Waals surface area contributed by atoms with Crippen molar-refractivity contribution in [3.05, 3.63) is 113 Å². The molecule has 1 heteroatoms. The molecule has 0 spiro atoms. The summed E-state index contributed by atoms with van der Waals surface area (Å²) in [5.41, 5.74) is 12.9. The van der Waals surface area contributed by atoms with Crippen LogP contribution in [0.4, 0.5) is 0 Å². The highest BCUT2D eigenvalue weighted by Crippen LogP contribution is 2.35. The van der Waals surface area contributed by atoms with E-state index in [-0.39, 0.29) is 0 Å². The van der Waals surface area contributed by atoms with E-state index in [2.05, 4.69) is 130 Å². The third-order valence-corrected chi connectivity index (χ3v) is 6.89. The lowest BCUT2D eigenvalue weighted by atomic mass is 9.91. The van der Waals surface area contributed by atoms with Crippen LogP contribution in [0.3, 0.4) is 0 Å². The summed E-state index contributed by atoms with van der Waals surface area (Å²) in [5, 5.41) is 2.56. The van der Waals surface area contributed by atoms with Crippen LogP contribution in [0.15, 0.2) is 91.0 Å². The Labute approximate surface area is 197 Å². The molecule has 0 aliphatic carbocycles. The van der Waals surface area contributed by atoms with Crippen molar-refractivity contribution in [1.82, 2.24) is 0 Å². The van der Waals surface area contributed by atoms with Crippen LogP contribution in [0, 0.1) is 27.7 Å². The summed E-state index contributed by atoms with van der Waals surface area (Å²) in [6, 6.07) is 33.2. The van der Waals surface area contributed by atoms with Gasteiger partial charge in [0.1, 0.15) is 7.05 Å². The van der Waals surface area contributed by atoms with Gasteiger partial charge in [0, 0.05) is 18.6 Å². The van der Waals surface area contributed by atoms with Crippen LogP contribution in [0.25, 0.3) is 44.3 Å². The van der Waals surface area contributed by atoms with Gasteiger partial charge < -0.3 is 0 Å². The number of fused-ring (bicyclic) bond motifs is 1. The molecule has 5 aromatic rings. The fourth-order valence-corrected chi connectivity index (χ4v) is 5.07. The highest BCUT2D eigenvalue weighted by Gasteiger charge is 2.20. The van der Waals surface area contributed by atoms with Crippen LogP contribution in [-0.2, 0) is 7.05 Å². The fraction of sp³-hybridized carbons (Fsp3) is 0.156. The summed E-state index contributed by atoms with van der Waals surface area (Å²) >= 11 is 0. The van der Waals surface area contributed by atoms with E-state index in [4.69, 9.17) is 0 Å². The lowest BCUT2D eigenvalue weighted by Gasteiger charge is -2.14. The number of hydrogen-bond acceptors (Lipinski definition) is 0. The first-order chi connectivity index (χ1) is 15.9. The normalized spacial score (nSPS) is 11.2. The first kappa shape index (κ1) is 21.2. The number of aryl methyl sites for hydroxylation is 4. The molecular formula is C32H30N+. The second-order valence-corrected chi connectivity index (χ2v) is 9.16. The molecule has 1 aromatic heterocycles. The van der Waals surface area contributed by atoms with E-state index in [1.165, 1.54) is 66.7 Å². The fourth-order valence-electron chi connectivity index (χ4n) is 5.07. The minimum absolute atomic E-state index is 1.25. The van der Waals surface area contributed by atoms with E-state index >= 15 is 0 Å². The molecule has 0 aliphatic rings. The van der Waals surface area contributed by atoms with Crippen LogP contribution < -0.4 is 4.57 Å². The zero-order valence-corrected chi connectivity index (χ0v) is 20.1. The lowest BCUT2D eigenvalue weighted by molar-refractivity contribution is -0.665. The van der Waals surface area contributed by atoms with Crippen molar-refractivity contribution < 1.29 is 4.57 Å². The van der Waals surface area contributed by atoms with Gasteiger partial charge in [-0.1, -0.05) is 66.7 Å². The maximum absolute atomic E-state index is 2.34. The van der Waals surface area contributed by atoms with Crippen molar-refractivity contribution in [2.75, 3.05) is 0 Å². The summed E-state index contributed by atoms with van der Waals surface area (Å²) < 4.78 is 2.32. The molecule has 4 aromatic carbocycles. The van der Waals surface area contributed by atoms with Gasteiger partial charge in [0.15, 0.2) is 5.69 Å². The summed E-state index contributed by atoms with van der Waals surface area (Å²) in [6.07, 6.45) is 0. The van der Waals surface area contributed by atoms with E-state index in [9.17, 15) is 0 Å². The Morgan fingerprint density at radius 2 is 1.24 bits per heavy atom. The van der Waals surface area contributed by atoms with Gasteiger partial charge in [0.2, 0.25) is 5.69 Å². The van der Waals surface area contributed by atoms with Gasteiger partial charge in [-0.2, -0.15) is 4.57 Å². The first-order valence-corrected chi connectivity index (χ1v) is 11.6. The summed E-state index contributed by atoms with van der Waals surface area (Å²) in [7, 11) is 2.17.